The number of thioether (sulfide) groups is 1. The second kappa shape index (κ2) is 8.53. The highest BCUT2D eigenvalue weighted by atomic mass is 32.2. The van der Waals surface area contributed by atoms with Crippen LogP contribution in [0, 0.1) is 5.92 Å². The molecule has 0 atom stereocenters. The Labute approximate surface area is 133 Å². The number of benzene rings is 1. The average molecular weight is 311 g/mol. The molecule has 2 N–H and O–H groups in total. The van der Waals surface area contributed by atoms with E-state index >= 15 is 0 Å². The Hall–Kier alpha value is -0.740. The third-order valence-corrected chi connectivity index (χ3v) is 4.81. The van der Waals surface area contributed by atoms with Gasteiger partial charge < -0.3 is 10.6 Å². The van der Waals surface area contributed by atoms with Crippen molar-refractivity contribution in [1.82, 2.24) is 0 Å². The van der Waals surface area contributed by atoms with Gasteiger partial charge in [-0.25, -0.2) is 0 Å². The molecule has 0 unspecified atom stereocenters. The molecule has 0 aliphatic carbocycles. The largest absolute Gasteiger partial charge is 0.389 e. The summed E-state index contributed by atoms with van der Waals surface area (Å²) in [6, 6.07) is 6.33. The van der Waals surface area contributed by atoms with E-state index in [1.54, 1.807) is 11.8 Å². The van der Waals surface area contributed by atoms with Gasteiger partial charge in [0, 0.05) is 29.2 Å². The molecule has 0 radical (unpaired) electrons. The van der Waals surface area contributed by atoms with Crippen LogP contribution in [0.25, 0.3) is 0 Å². The SMILES string of the molecule is CCC(CC)CN(CC)c1cccc(SC)c1C(N)=S. The molecule has 0 amide bonds. The monoisotopic (exact) mass is 310 g/mol. The predicted octanol–water partition coefficient (Wildman–Crippen LogP) is 4.31. The standard InChI is InChI=1S/C16H26N2S2/c1-5-12(6-2)11-18(7-3)13-9-8-10-14(20-4)15(13)16(17)19/h8-10,12H,5-7,11H2,1-4H3,(H2,17,19). The first-order chi connectivity index (χ1) is 9.58. The molecule has 1 rings (SSSR count). The van der Waals surface area contributed by atoms with Crippen LogP contribution < -0.4 is 10.6 Å². The van der Waals surface area contributed by atoms with Crippen molar-refractivity contribution in [3.8, 4) is 0 Å². The average Bonchev–Trinajstić information content (AvgIpc) is 2.47. The van der Waals surface area contributed by atoms with Crippen LogP contribution in [-0.4, -0.2) is 24.3 Å². The lowest BCUT2D eigenvalue weighted by atomic mass is 10.0. The number of rotatable bonds is 8. The Morgan fingerprint density at radius 1 is 1.30 bits per heavy atom. The molecule has 2 nitrogen and oxygen atoms in total. The number of hydrogen-bond acceptors (Lipinski definition) is 3. The normalized spacial score (nSPS) is 10.8. The fourth-order valence-electron chi connectivity index (χ4n) is 2.46. The number of hydrogen-bond donors (Lipinski definition) is 1. The summed E-state index contributed by atoms with van der Waals surface area (Å²) >= 11 is 6.98. The lowest BCUT2D eigenvalue weighted by Crippen LogP contribution is -2.31. The third kappa shape index (κ3) is 4.13. The molecular weight excluding hydrogens is 284 g/mol. The summed E-state index contributed by atoms with van der Waals surface area (Å²) in [5.41, 5.74) is 8.18. The van der Waals surface area contributed by atoms with Crippen LogP contribution >= 0.6 is 24.0 Å². The van der Waals surface area contributed by atoms with Gasteiger partial charge in [-0.05, 0) is 31.2 Å². The van der Waals surface area contributed by atoms with Gasteiger partial charge in [0.05, 0.1) is 0 Å². The Morgan fingerprint density at radius 3 is 2.40 bits per heavy atom. The van der Waals surface area contributed by atoms with E-state index in [0.29, 0.717) is 10.9 Å². The number of nitrogens with zero attached hydrogens (tertiary/aromatic N) is 1. The smallest absolute Gasteiger partial charge is 0.107 e. The molecule has 0 aliphatic heterocycles. The van der Waals surface area contributed by atoms with Gasteiger partial charge in [0.25, 0.3) is 0 Å². The van der Waals surface area contributed by atoms with E-state index in [0.717, 1.165) is 23.5 Å². The minimum atomic E-state index is 0.493. The van der Waals surface area contributed by atoms with Crippen LogP contribution in [0.3, 0.4) is 0 Å². The molecule has 0 aliphatic rings. The van der Waals surface area contributed by atoms with E-state index in [1.807, 2.05) is 0 Å². The molecule has 4 heteroatoms. The zero-order chi connectivity index (χ0) is 15.1. The summed E-state index contributed by atoms with van der Waals surface area (Å²) in [5.74, 6) is 0.715. The molecule has 1 aromatic rings. The van der Waals surface area contributed by atoms with Gasteiger partial charge in [-0.3, -0.25) is 0 Å². The van der Waals surface area contributed by atoms with Crippen molar-refractivity contribution in [2.24, 2.45) is 11.7 Å². The van der Waals surface area contributed by atoms with Crippen molar-refractivity contribution in [1.29, 1.82) is 0 Å². The van der Waals surface area contributed by atoms with Crippen LogP contribution in [0.2, 0.25) is 0 Å². The minimum Gasteiger partial charge on any atom is -0.389 e. The molecule has 0 spiro atoms. The maximum atomic E-state index is 5.97. The highest BCUT2D eigenvalue weighted by molar-refractivity contribution is 7.98. The number of anilines is 1. The van der Waals surface area contributed by atoms with Crippen molar-refractivity contribution in [3.63, 3.8) is 0 Å². The summed E-state index contributed by atoms with van der Waals surface area (Å²) in [6.07, 6.45) is 4.48. The van der Waals surface area contributed by atoms with Crippen LogP contribution in [0.4, 0.5) is 5.69 Å². The Balaban J connectivity index is 3.17. The second-order valence-corrected chi connectivity index (χ2v) is 6.23. The molecule has 112 valence electrons. The third-order valence-electron chi connectivity index (χ3n) is 3.83. The van der Waals surface area contributed by atoms with Crippen LogP contribution in [0.1, 0.15) is 39.2 Å². The summed E-state index contributed by atoms with van der Waals surface area (Å²) in [5, 5.41) is 0. The fourth-order valence-corrected chi connectivity index (χ4v) is 3.37. The van der Waals surface area contributed by atoms with Gasteiger partial charge in [0.2, 0.25) is 0 Å². The van der Waals surface area contributed by atoms with E-state index in [4.69, 9.17) is 18.0 Å². The van der Waals surface area contributed by atoms with Crippen molar-refractivity contribution in [2.45, 2.75) is 38.5 Å². The van der Waals surface area contributed by atoms with Gasteiger partial charge in [0.1, 0.15) is 4.99 Å². The Bertz CT molecular complexity index is 442. The van der Waals surface area contributed by atoms with Gasteiger partial charge >= 0.3 is 0 Å². The molecule has 20 heavy (non-hydrogen) atoms. The zero-order valence-electron chi connectivity index (χ0n) is 13.0. The van der Waals surface area contributed by atoms with Crippen molar-refractivity contribution >= 4 is 34.7 Å². The van der Waals surface area contributed by atoms with Gasteiger partial charge in [-0.15, -0.1) is 11.8 Å². The van der Waals surface area contributed by atoms with E-state index in [1.165, 1.54) is 18.5 Å². The van der Waals surface area contributed by atoms with Crippen molar-refractivity contribution in [3.05, 3.63) is 23.8 Å². The number of nitrogens with two attached hydrogens (primary N) is 1. The first-order valence-electron chi connectivity index (χ1n) is 7.30. The summed E-state index contributed by atoms with van der Waals surface area (Å²) < 4.78 is 0. The second-order valence-electron chi connectivity index (χ2n) is 4.94. The highest BCUT2D eigenvalue weighted by Gasteiger charge is 2.17. The first kappa shape index (κ1) is 17.3. The van der Waals surface area contributed by atoms with E-state index < -0.39 is 0 Å². The number of thiocarbonyl (C=S) groups is 1. The molecule has 0 saturated carbocycles. The molecule has 0 heterocycles. The fraction of sp³-hybridized carbons (Fsp3) is 0.562. The molecule has 1 aromatic carbocycles. The van der Waals surface area contributed by atoms with E-state index in [2.05, 4.69) is 50.1 Å². The summed E-state index contributed by atoms with van der Waals surface area (Å²) in [4.78, 5) is 4.07. The summed E-state index contributed by atoms with van der Waals surface area (Å²) in [7, 11) is 0. The first-order valence-corrected chi connectivity index (χ1v) is 8.93. The minimum absolute atomic E-state index is 0.493. The van der Waals surface area contributed by atoms with Gasteiger partial charge in [-0.1, -0.05) is 45.0 Å². The summed E-state index contributed by atoms with van der Waals surface area (Å²) in [6.45, 7) is 8.75. The van der Waals surface area contributed by atoms with E-state index in [-0.39, 0.29) is 0 Å². The molecule has 0 aromatic heterocycles. The van der Waals surface area contributed by atoms with Gasteiger partial charge in [-0.2, -0.15) is 0 Å². The van der Waals surface area contributed by atoms with Crippen LogP contribution in [0.5, 0.6) is 0 Å². The lowest BCUT2D eigenvalue weighted by Gasteiger charge is -2.30. The predicted molar refractivity (Wildman–Crippen MR) is 96.1 cm³/mol. The molecular formula is C16H26N2S2. The Kier molecular flexibility index (Phi) is 7.38. The van der Waals surface area contributed by atoms with Crippen LogP contribution in [0.15, 0.2) is 23.1 Å². The lowest BCUT2D eigenvalue weighted by molar-refractivity contribution is 0.486. The maximum Gasteiger partial charge on any atom is 0.107 e. The molecule has 0 bridgehead atoms. The van der Waals surface area contributed by atoms with Crippen molar-refractivity contribution in [2.75, 3.05) is 24.2 Å². The molecule has 0 fully saturated rings. The van der Waals surface area contributed by atoms with E-state index in [9.17, 15) is 0 Å². The van der Waals surface area contributed by atoms with Crippen molar-refractivity contribution < 1.29 is 0 Å². The highest BCUT2D eigenvalue weighted by Crippen LogP contribution is 2.30. The quantitative estimate of drug-likeness (QED) is 0.572. The Morgan fingerprint density at radius 2 is 1.95 bits per heavy atom. The molecule has 0 saturated heterocycles. The van der Waals surface area contributed by atoms with Gasteiger partial charge in [0.15, 0.2) is 0 Å². The maximum absolute atomic E-state index is 5.97. The van der Waals surface area contributed by atoms with Crippen LogP contribution in [-0.2, 0) is 0 Å². The topological polar surface area (TPSA) is 29.3 Å². The zero-order valence-corrected chi connectivity index (χ0v) is 14.6.